The van der Waals surface area contributed by atoms with Gasteiger partial charge in [-0.2, -0.15) is 0 Å². The Hall–Kier alpha value is -4.98. The second-order valence-electron chi connectivity index (χ2n) is 10.5. The van der Waals surface area contributed by atoms with Crippen molar-refractivity contribution in [2.45, 2.75) is 21.9 Å². The molecule has 5 aromatic rings. The Labute approximate surface area is 262 Å². The molecule has 2 heterocycles. The summed E-state index contributed by atoms with van der Waals surface area (Å²) in [5, 5.41) is 0.658. The molecule has 1 fully saturated rings. The maximum atomic E-state index is 13.8. The zero-order valence-electron chi connectivity index (χ0n) is 23.1. The van der Waals surface area contributed by atoms with Crippen molar-refractivity contribution in [3.05, 3.63) is 160 Å². The third-order valence-electron chi connectivity index (χ3n) is 7.79. The average Bonchev–Trinajstić information content (AvgIpc) is 3.76. The molecule has 1 saturated heterocycles. The van der Waals surface area contributed by atoms with Gasteiger partial charge in [-0.05, 0) is 72.3 Å². The Bertz CT molecular complexity index is 1930. The Balaban J connectivity index is 1.13. The molecule has 0 aliphatic carbocycles. The van der Waals surface area contributed by atoms with Gasteiger partial charge in [0.1, 0.15) is 6.04 Å². The van der Waals surface area contributed by atoms with Crippen LogP contribution >= 0.6 is 23.4 Å². The Kier molecular flexibility index (Phi) is 7.12. The molecule has 2 aliphatic rings. The van der Waals surface area contributed by atoms with Crippen LogP contribution in [-0.2, 0) is 0 Å². The zero-order chi connectivity index (χ0) is 30.4. The maximum Gasteiger partial charge on any atom is 0.266 e. The first-order valence-electron chi connectivity index (χ1n) is 13.9. The van der Waals surface area contributed by atoms with Gasteiger partial charge in [0.15, 0.2) is 5.78 Å². The van der Waals surface area contributed by atoms with Crippen LogP contribution in [0.25, 0.3) is 0 Å². The van der Waals surface area contributed by atoms with Gasteiger partial charge in [-0.15, -0.1) is 0 Å². The molecule has 0 saturated carbocycles. The number of Topliss-reactive ketones (excluding diaryl/α,β-unsaturated/α-hetero) is 1. The molecule has 0 aromatic heterocycles. The van der Waals surface area contributed by atoms with Gasteiger partial charge >= 0.3 is 0 Å². The van der Waals surface area contributed by atoms with E-state index in [1.165, 1.54) is 23.9 Å². The van der Waals surface area contributed by atoms with Crippen molar-refractivity contribution >= 4 is 52.6 Å². The third kappa shape index (κ3) is 5.00. The van der Waals surface area contributed by atoms with Crippen LogP contribution in [0.5, 0.6) is 0 Å². The number of nitrogens with zero attached hydrogens (tertiary/aromatic N) is 2. The largest absolute Gasteiger partial charge is 0.316 e. The Morgan fingerprint density at radius 2 is 1.23 bits per heavy atom. The third-order valence-corrected chi connectivity index (χ3v) is 9.06. The minimum atomic E-state index is -0.668. The molecule has 0 spiro atoms. The highest BCUT2D eigenvalue weighted by molar-refractivity contribution is 7.99. The van der Waals surface area contributed by atoms with Crippen LogP contribution < -0.4 is 4.90 Å². The minimum Gasteiger partial charge on any atom is -0.316 e. The number of benzene rings is 5. The fraction of sp³-hybridized carbons (Fsp3) is 0.0556. The average molecular weight is 615 g/mol. The van der Waals surface area contributed by atoms with E-state index in [0.29, 0.717) is 16.3 Å². The lowest BCUT2D eigenvalue weighted by Gasteiger charge is -2.14. The van der Waals surface area contributed by atoms with Crippen LogP contribution in [0.3, 0.4) is 0 Å². The molecule has 0 radical (unpaired) electrons. The minimum absolute atomic E-state index is 0.149. The van der Waals surface area contributed by atoms with E-state index in [1.807, 2.05) is 72.8 Å². The summed E-state index contributed by atoms with van der Waals surface area (Å²) < 4.78 is 0. The van der Waals surface area contributed by atoms with E-state index in [9.17, 15) is 19.2 Å². The molecular formula is C36H23ClN2O4S. The molecular weight excluding hydrogens is 592 g/mol. The normalized spacial score (nSPS) is 17.0. The van der Waals surface area contributed by atoms with E-state index >= 15 is 0 Å². The van der Waals surface area contributed by atoms with Crippen molar-refractivity contribution in [3.63, 3.8) is 0 Å². The summed E-state index contributed by atoms with van der Waals surface area (Å²) in [4.78, 5) is 58.8. The number of fused-ring (bicyclic) bond motifs is 1. The first-order chi connectivity index (χ1) is 21.4. The SMILES string of the molecule is O=C(c1ccccc1)[C@@H]1[C@H](c2ccccc2)N1C(=O)c1ccc2c(c1)C(=O)N(c1ccc(Sc3ccc(Cl)cc3)cc1)C2=O. The van der Waals surface area contributed by atoms with Crippen LogP contribution in [0.15, 0.2) is 137 Å². The summed E-state index contributed by atoms with van der Waals surface area (Å²) >= 11 is 7.52. The molecule has 2 atom stereocenters. The number of ketones is 1. The van der Waals surface area contributed by atoms with Crippen molar-refractivity contribution in [3.8, 4) is 0 Å². The number of rotatable bonds is 7. The predicted octanol–water partition coefficient (Wildman–Crippen LogP) is 7.74. The van der Waals surface area contributed by atoms with Crippen molar-refractivity contribution in [2.24, 2.45) is 0 Å². The summed E-state index contributed by atoms with van der Waals surface area (Å²) in [6.45, 7) is 0. The molecule has 44 heavy (non-hydrogen) atoms. The van der Waals surface area contributed by atoms with Gasteiger partial charge in [0.05, 0.1) is 22.9 Å². The topological polar surface area (TPSA) is 74.5 Å². The van der Waals surface area contributed by atoms with Crippen LogP contribution in [0.1, 0.15) is 53.0 Å². The van der Waals surface area contributed by atoms with E-state index in [0.717, 1.165) is 20.3 Å². The van der Waals surface area contributed by atoms with Crippen molar-refractivity contribution in [1.82, 2.24) is 4.90 Å². The zero-order valence-corrected chi connectivity index (χ0v) is 24.7. The van der Waals surface area contributed by atoms with Gasteiger partial charge in [0.25, 0.3) is 17.7 Å². The summed E-state index contributed by atoms with van der Waals surface area (Å²) in [6.07, 6.45) is 0. The van der Waals surface area contributed by atoms with Gasteiger partial charge in [-0.25, -0.2) is 4.90 Å². The number of carbonyl (C=O) groups excluding carboxylic acids is 4. The number of hydrogen-bond acceptors (Lipinski definition) is 5. The molecule has 0 unspecified atom stereocenters. The highest BCUT2D eigenvalue weighted by Gasteiger charge is 2.56. The molecule has 2 aliphatic heterocycles. The van der Waals surface area contributed by atoms with Crippen LogP contribution in [0, 0.1) is 0 Å². The molecule has 3 amide bonds. The molecule has 214 valence electrons. The van der Waals surface area contributed by atoms with Crippen LogP contribution in [0.2, 0.25) is 5.02 Å². The van der Waals surface area contributed by atoms with E-state index in [2.05, 4.69) is 0 Å². The van der Waals surface area contributed by atoms with Crippen LogP contribution in [0.4, 0.5) is 5.69 Å². The number of amides is 3. The molecule has 0 bridgehead atoms. The molecule has 6 nitrogen and oxygen atoms in total. The fourth-order valence-electron chi connectivity index (χ4n) is 5.58. The molecule has 5 aromatic carbocycles. The Morgan fingerprint density at radius 1 is 0.636 bits per heavy atom. The first kappa shape index (κ1) is 27.8. The first-order valence-corrected chi connectivity index (χ1v) is 15.1. The second-order valence-corrected chi connectivity index (χ2v) is 12.1. The summed E-state index contributed by atoms with van der Waals surface area (Å²) in [5.74, 6) is -1.48. The van der Waals surface area contributed by atoms with Gasteiger partial charge in [0, 0.05) is 25.9 Å². The van der Waals surface area contributed by atoms with Gasteiger partial charge in [-0.1, -0.05) is 84.0 Å². The maximum absolute atomic E-state index is 13.8. The molecule has 8 heteroatoms. The molecule has 0 N–H and O–H groups in total. The number of halogens is 1. The lowest BCUT2D eigenvalue weighted by molar-refractivity contribution is 0.0833. The van der Waals surface area contributed by atoms with Crippen molar-refractivity contribution < 1.29 is 19.2 Å². The lowest BCUT2D eigenvalue weighted by atomic mass is 10.0. The van der Waals surface area contributed by atoms with Gasteiger partial charge < -0.3 is 4.90 Å². The number of imide groups is 1. The van der Waals surface area contributed by atoms with E-state index < -0.39 is 23.9 Å². The Morgan fingerprint density at radius 3 is 1.89 bits per heavy atom. The number of hydrogen-bond donors (Lipinski definition) is 0. The number of anilines is 1. The summed E-state index contributed by atoms with van der Waals surface area (Å²) in [5.41, 5.74) is 2.44. The van der Waals surface area contributed by atoms with Gasteiger partial charge in [0.2, 0.25) is 0 Å². The van der Waals surface area contributed by atoms with Crippen molar-refractivity contribution in [1.29, 1.82) is 0 Å². The van der Waals surface area contributed by atoms with E-state index in [1.54, 1.807) is 47.4 Å². The highest BCUT2D eigenvalue weighted by atomic mass is 35.5. The van der Waals surface area contributed by atoms with Gasteiger partial charge in [-0.3, -0.25) is 19.2 Å². The van der Waals surface area contributed by atoms with Crippen molar-refractivity contribution in [2.75, 3.05) is 4.90 Å². The molecule has 7 rings (SSSR count). The predicted molar refractivity (Wildman–Crippen MR) is 170 cm³/mol. The van der Waals surface area contributed by atoms with E-state index in [4.69, 9.17) is 11.6 Å². The highest BCUT2D eigenvalue weighted by Crippen LogP contribution is 2.46. The standard InChI is InChI=1S/C36H23ClN2O4S/c37-25-12-16-27(17-13-25)44-28-18-14-26(15-19-28)38-35(42)29-20-11-24(21-30(29)36(38)43)34(41)39-31(22-7-3-1-4-8-22)32(39)33(40)23-9-5-2-6-10-23/h1-21,31-32H/t31-,32-,39?/m0/s1. The quantitative estimate of drug-likeness (QED) is 0.106. The summed E-state index contributed by atoms with van der Waals surface area (Å²) in [7, 11) is 0. The summed E-state index contributed by atoms with van der Waals surface area (Å²) in [6, 6.07) is 36.4. The number of carbonyl (C=O) groups is 4. The van der Waals surface area contributed by atoms with E-state index in [-0.39, 0.29) is 28.4 Å². The lowest BCUT2D eigenvalue weighted by Crippen LogP contribution is -2.29. The fourth-order valence-corrected chi connectivity index (χ4v) is 6.52. The van der Waals surface area contributed by atoms with Crippen LogP contribution in [-0.4, -0.2) is 34.4 Å². The smallest absolute Gasteiger partial charge is 0.266 e. The second kappa shape index (κ2) is 11.3. The monoisotopic (exact) mass is 614 g/mol.